The molecule has 0 aliphatic rings. The van der Waals surface area contributed by atoms with Crippen molar-refractivity contribution in [2.24, 2.45) is 0 Å². The zero-order chi connectivity index (χ0) is 10.5. The largest absolute Gasteiger partial charge is 0.394 e. The van der Waals surface area contributed by atoms with Crippen molar-refractivity contribution in [3.05, 3.63) is 0 Å². The molecule has 0 radical (unpaired) electrons. The molecular weight excluding hydrogens is 170 g/mol. The second kappa shape index (κ2) is 4.91. The Morgan fingerprint density at radius 3 is 1.85 bits per heavy atom. The summed E-state index contributed by atoms with van der Waals surface area (Å²) in [6, 6.07) is 0. The van der Waals surface area contributed by atoms with E-state index >= 15 is 0 Å². The van der Waals surface area contributed by atoms with Crippen LogP contribution in [-0.4, -0.2) is 46.2 Å². The predicted octanol–water partition coefficient (Wildman–Crippen LogP) is -0.520. The van der Waals surface area contributed by atoms with Crippen LogP contribution in [0.3, 0.4) is 0 Å². The summed E-state index contributed by atoms with van der Waals surface area (Å²) in [5.74, 6) is 0. The lowest BCUT2D eigenvalue weighted by atomic mass is 10.0. The first-order chi connectivity index (χ1) is 5.83. The molecule has 0 aromatic carbocycles. The van der Waals surface area contributed by atoms with Crippen molar-refractivity contribution in [3.8, 4) is 0 Å². The molecule has 0 saturated heterocycles. The molecule has 0 aliphatic carbocycles. The second-order valence-electron chi connectivity index (χ2n) is 4.37. The van der Waals surface area contributed by atoms with Gasteiger partial charge in [0.1, 0.15) is 0 Å². The second-order valence-corrected chi connectivity index (χ2v) is 4.37. The molecule has 0 aromatic rings. The molecule has 13 heavy (non-hydrogen) atoms. The van der Waals surface area contributed by atoms with Crippen molar-refractivity contribution in [2.45, 2.75) is 38.3 Å². The molecule has 4 heteroatoms. The molecule has 4 N–H and O–H groups in total. The van der Waals surface area contributed by atoms with Crippen LogP contribution in [0.2, 0.25) is 0 Å². The third-order valence-electron chi connectivity index (χ3n) is 1.99. The minimum absolute atomic E-state index is 0.116. The van der Waals surface area contributed by atoms with E-state index in [-0.39, 0.29) is 13.2 Å². The van der Waals surface area contributed by atoms with E-state index < -0.39 is 11.1 Å². The van der Waals surface area contributed by atoms with Crippen molar-refractivity contribution in [3.63, 3.8) is 0 Å². The Hall–Kier alpha value is -0.160. The first-order valence-corrected chi connectivity index (χ1v) is 4.52. The Morgan fingerprint density at radius 1 is 1.08 bits per heavy atom. The SMILES string of the molecule is CC(C)(O)CCNC(C)(CO)CO. The topological polar surface area (TPSA) is 72.7 Å². The van der Waals surface area contributed by atoms with Crippen molar-refractivity contribution in [1.82, 2.24) is 5.32 Å². The average Bonchev–Trinajstić information content (AvgIpc) is 2.02. The van der Waals surface area contributed by atoms with E-state index in [1.807, 2.05) is 0 Å². The standard InChI is InChI=1S/C9H21NO3/c1-8(2,13)4-5-10-9(3,6-11)7-12/h10-13H,4-7H2,1-3H3. The summed E-state index contributed by atoms with van der Waals surface area (Å²) in [6.07, 6.45) is 0.586. The number of rotatable bonds is 6. The van der Waals surface area contributed by atoms with Crippen LogP contribution >= 0.6 is 0 Å². The summed E-state index contributed by atoms with van der Waals surface area (Å²) in [7, 11) is 0. The first kappa shape index (κ1) is 12.8. The molecule has 0 saturated carbocycles. The van der Waals surface area contributed by atoms with Crippen molar-refractivity contribution >= 4 is 0 Å². The summed E-state index contributed by atoms with van der Waals surface area (Å²) in [5, 5.41) is 30.2. The highest BCUT2D eigenvalue weighted by Gasteiger charge is 2.22. The number of hydrogen-bond donors (Lipinski definition) is 4. The summed E-state index contributed by atoms with van der Waals surface area (Å²) < 4.78 is 0. The predicted molar refractivity (Wildman–Crippen MR) is 51.5 cm³/mol. The number of nitrogens with one attached hydrogen (secondary N) is 1. The highest BCUT2D eigenvalue weighted by atomic mass is 16.3. The van der Waals surface area contributed by atoms with Gasteiger partial charge in [0.2, 0.25) is 0 Å². The fourth-order valence-corrected chi connectivity index (χ4v) is 0.832. The van der Waals surface area contributed by atoms with Crippen LogP contribution in [0.15, 0.2) is 0 Å². The molecule has 0 amide bonds. The van der Waals surface area contributed by atoms with Crippen LogP contribution in [0, 0.1) is 0 Å². The monoisotopic (exact) mass is 191 g/mol. The molecule has 0 aromatic heterocycles. The van der Waals surface area contributed by atoms with E-state index in [0.717, 1.165) is 0 Å². The molecule has 0 aliphatic heterocycles. The van der Waals surface area contributed by atoms with Crippen molar-refractivity contribution < 1.29 is 15.3 Å². The van der Waals surface area contributed by atoms with E-state index in [2.05, 4.69) is 5.32 Å². The van der Waals surface area contributed by atoms with E-state index in [1.165, 1.54) is 0 Å². The third-order valence-corrected chi connectivity index (χ3v) is 1.99. The Balaban J connectivity index is 3.74. The molecule has 0 spiro atoms. The maximum absolute atomic E-state index is 9.39. The van der Waals surface area contributed by atoms with Gasteiger partial charge in [0.05, 0.1) is 24.4 Å². The quantitative estimate of drug-likeness (QED) is 0.456. The average molecular weight is 191 g/mol. The summed E-state index contributed by atoms with van der Waals surface area (Å²) in [4.78, 5) is 0. The molecule has 0 bridgehead atoms. The summed E-state index contributed by atoms with van der Waals surface area (Å²) in [5.41, 5.74) is -1.36. The van der Waals surface area contributed by atoms with Gasteiger partial charge in [0, 0.05) is 0 Å². The Kier molecular flexibility index (Phi) is 4.85. The van der Waals surface area contributed by atoms with Gasteiger partial charge in [-0.1, -0.05) is 0 Å². The van der Waals surface area contributed by atoms with Crippen LogP contribution in [0.5, 0.6) is 0 Å². The highest BCUT2D eigenvalue weighted by molar-refractivity contribution is 4.82. The lowest BCUT2D eigenvalue weighted by Crippen LogP contribution is -2.50. The van der Waals surface area contributed by atoms with Crippen LogP contribution in [0.4, 0.5) is 0 Å². The number of aliphatic hydroxyl groups excluding tert-OH is 2. The normalized spacial score (nSPS) is 13.4. The molecule has 80 valence electrons. The Bertz CT molecular complexity index is 138. The Labute approximate surface area is 79.6 Å². The Morgan fingerprint density at radius 2 is 1.54 bits per heavy atom. The fraction of sp³-hybridized carbons (Fsp3) is 1.00. The molecule has 0 heterocycles. The summed E-state index contributed by atoms with van der Waals surface area (Å²) >= 11 is 0. The van der Waals surface area contributed by atoms with E-state index in [4.69, 9.17) is 10.2 Å². The molecular formula is C9H21NO3. The highest BCUT2D eigenvalue weighted by Crippen LogP contribution is 2.07. The maximum atomic E-state index is 9.39. The molecule has 0 fully saturated rings. The third kappa shape index (κ3) is 5.99. The van der Waals surface area contributed by atoms with Crippen LogP contribution in [0.25, 0.3) is 0 Å². The van der Waals surface area contributed by atoms with Gasteiger partial charge in [-0.3, -0.25) is 0 Å². The van der Waals surface area contributed by atoms with Crippen LogP contribution in [-0.2, 0) is 0 Å². The number of aliphatic hydroxyl groups is 3. The molecule has 0 rings (SSSR count). The zero-order valence-electron chi connectivity index (χ0n) is 8.67. The van der Waals surface area contributed by atoms with Crippen molar-refractivity contribution in [2.75, 3.05) is 19.8 Å². The van der Waals surface area contributed by atoms with Gasteiger partial charge in [-0.15, -0.1) is 0 Å². The van der Waals surface area contributed by atoms with Gasteiger partial charge < -0.3 is 20.6 Å². The van der Waals surface area contributed by atoms with Crippen LogP contribution in [0.1, 0.15) is 27.2 Å². The van der Waals surface area contributed by atoms with E-state index in [9.17, 15) is 5.11 Å². The minimum atomic E-state index is -0.710. The number of hydrogen-bond acceptors (Lipinski definition) is 4. The minimum Gasteiger partial charge on any atom is -0.394 e. The van der Waals surface area contributed by atoms with E-state index in [0.29, 0.717) is 13.0 Å². The van der Waals surface area contributed by atoms with Gasteiger partial charge in [0.25, 0.3) is 0 Å². The van der Waals surface area contributed by atoms with Gasteiger partial charge in [-0.05, 0) is 33.7 Å². The van der Waals surface area contributed by atoms with Gasteiger partial charge in [-0.2, -0.15) is 0 Å². The summed E-state index contributed by atoms with van der Waals surface area (Å²) in [6.45, 7) is 5.52. The fourth-order valence-electron chi connectivity index (χ4n) is 0.832. The van der Waals surface area contributed by atoms with Gasteiger partial charge in [0.15, 0.2) is 0 Å². The molecule has 0 unspecified atom stereocenters. The van der Waals surface area contributed by atoms with Gasteiger partial charge >= 0.3 is 0 Å². The van der Waals surface area contributed by atoms with E-state index in [1.54, 1.807) is 20.8 Å². The lowest BCUT2D eigenvalue weighted by Gasteiger charge is -2.28. The van der Waals surface area contributed by atoms with Gasteiger partial charge in [-0.25, -0.2) is 0 Å². The maximum Gasteiger partial charge on any atom is 0.0633 e. The first-order valence-electron chi connectivity index (χ1n) is 4.52. The van der Waals surface area contributed by atoms with Crippen molar-refractivity contribution in [1.29, 1.82) is 0 Å². The van der Waals surface area contributed by atoms with Crippen LogP contribution < -0.4 is 5.32 Å². The smallest absolute Gasteiger partial charge is 0.0633 e. The lowest BCUT2D eigenvalue weighted by molar-refractivity contribution is 0.0586. The zero-order valence-corrected chi connectivity index (χ0v) is 8.67. The molecule has 4 nitrogen and oxygen atoms in total. The molecule has 0 atom stereocenters.